The Bertz CT molecular complexity index is 671. The summed E-state index contributed by atoms with van der Waals surface area (Å²) in [6, 6.07) is 0. The first kappa shape index (κ1) is 39.2. The number of fused-ring (bicyclic) bond motifs is 3. The zero-order valence-electron chi connectivity index (χ0n) is 28.8. The maximum absolute atomic E-state index is 12.4. The van der Waals surface area contributed by atoms with E-state index in [1.807, 2.05) is 0 Å². The Morgan fingerprint density at radius 2 is 1.12 bits per heavy atom. The van der Waals surface area contributed by atoms with Crippen LogP contribution in [-0.4, -0.2) is 62.0 Å². The molecule has 0 spiro atoms. The van der Waals surface area contributed by atoms with E-state index < -0.39 is 7.82 Å². The molecule has 256 valence electrons. The lowest BCUT2D eigenvalue weighted by Crippen LogP contribution is -2.58. The zero-order valence-corrected chi connectivity index (χ0v) is 29.7. The number of nitrogens with zero attached hydrogens (tertiary/aromatic N) is 1. The van der Waals surface area contributed by atoms with E-state index in [1.165, 1.54) is 153 Å². The van der Waals surface area contributed by atoms with Crippen LogP contribution in [0, 0.1) is 11.8 Å². The summed E-state index contributed by atoms with van der Waals surface area (Å²) in [5.41, 5.74) is 0. The van der Waals surface area contributed by atoms with Gasteiger partial charge in [-0.1, -0.05) is 117 Å². The van der Waals surface area contributed by atoms with Gasteiger partial charge in [-0.05, 0) is 57.3 Å². The smallest absolute Gasteiger partial charge is 0.381 e. The molecule has 1 N–H and O–H groups in total. The number of piperidine rings is 3. The predicted molar refractivity (Wildman–Crippen MR) is 181 cm³/mol. The molecule has 3 fully saturated rings. The molecule has 43 heavy (non-hydrogen) atoms. The number of hydrogen-bond donors (Lipinski definition) is 1. The lowest BCUT2D eigenvalue weighted by atomic mass is 9.85. The lowest BCUT2D eigenvalue weighted by Gasteiger charge is -2.49. The standard InChI is InChI=1S/C36H72NO5P/c1-3-5-6-7-8-9-10-11-12-13-14-15-18-21-31-40-33-36(23-4-2)34-42-43(38,39)41-32-22-19-16-17-20-27-37-28-24-35(25-29-37)26-30-37/h35-36H,3-34H2,1-2H3/p+1. The van der Waals surface area contributed by atoms with Crippen LogP contribution in [0.2, 0.25) is 0 Å². The van der Waals surface area contributed by atoms with Gasteiger partial charge >= 0.3 is 7.82 Å². The largest absolute Gasteiger partial charge is 0.472 e. The molecule has 0 aliphatic carbocycles. The van der Waals surface area contributed by atoms with Gasteiger partial charge in [0.25, 0.3) is 0 Å². The van der Waals surface area contributed by atoms with Crippen molar-refractivity contribution in [2.75, 3.05) is 52.6 Å². The number of unbranched alkanes of at least 4 members (excludes halogenated alkanes) is 17. The van der Waals surface area contributed by atoms with Crippen molar-refractivity contribution in [1.29, 1.82) is 0 Å². The molecule has 0 radical (unpaired) electrons. The molecule has 2 bridgehead atoms. The van der Waals surface area contributed by atoms with Crippen molar-refractivity contribution in [2.24, 2.45) is 11.8 Å². The van der Waals surface area contributed by atoms with E-state index in [2.05, 4.69) is 13.8 Å². The molecule has 2 unspecified atom stereocenters. The monoisotopic (exact) mass is 631 g/mol. The molecule has 7 heteroatoms. The molecule has 0 aromatic carbocycles. The van der Waals surface area contributed by atoms with Gasteiger partial charge in [-0.15, -0.1) is 0 Å². The van der Waals surface area contributed by atoms with E-state index in [1.54, 1.807) is 0 Å². The SMILES string of the molecule is CCCCCCCCCCCCCCCCOCC(CCC)COP(=O)(O)OCCCCCCC[N+]12CCC(CC1)CC2. The van der Waals surface area contributed by atoms with Crippen LogP contribution in [0.5, 0.6) is 0 Å². The minimum Gasteiger partial charge on any atom is -0.381 e. The Morgan fingerprint density at radius 1 is 0.628 bits per heavy atom. The number of rotatable bonds is 31. The average molecular weight is 631 g/mol. The van der Waals surface area contributed by atoms with E-state index in [9.17, 15) is 9.46 Å². The Hall–Kier alpha value is 0.0300. The van der Waals surface area contributed by atoms with Gasteiger partial charge in [-0.2, -0.15) is 0 Å². The highest BCUT2D eigenvalue weighted by Gasteiger charge is 2.38. The summed E-state index contributed by atoms with van der Waals surface area (Å²) in [7, 11) is -3.99. The summed E-state index contributed by atoms with van der Waals surface area (Å²) >= 11 is 0. The Labute approximate surface area is 267 Å². The van der Waals surface area contributed by atoms with Crippen molar-refractivity contribution < 1.29 is 27.7 Å². The van der Waals surface area contributed by atoms with Crippen molar-refractivity contribution in [2.45, 2.75) is 168 Å². The molecule has 6 nitrogen and oxygen atoms in total. The maximum Gasteiger partial charge on any atom is 0.472 e. The van der Waals surface area contributed by atoms with Gasteiger partial charge < -0.3 is 14.1 Å². The van der Waals surface area contributed by atoms with Crippen LogP contribution in [0.3, 0.4) is 0 Å². The first-order valence-corrected chi connectivity index (χ1v) is 20.5. The van der Waals surface area contributed by atoms with Crippen molar-refractivity contribution in [3.63, 3.8) is 0 Å². The lowest BCUT2D eigenvalue weighted by molar-refractivity contribution is -0.942. The topological polar surface area (TPSA) is 65.0 Å². The van der Waals surface area contributed by atoms with Crippen molar-refractivity contribution in [3.05, 3.63) is 0 Å². The molecule has 0 aromatic rings. The highest BCUT2D eigenvalue weighted by molar-refractivity contribution is 7.47. The van der Waals surface area contributed by atoms with E-state index in [0.717, 1.165) is 44.6 Å². The van der Waals surface area contributed by atoms with Gasteiger partial charge in [-0.25, -0.2) is 4.57 Å². The summed E-state index contributed by atoms with van der Waals surface area (Å²) in [4.78, 5) is 10.2. The van der Waals surface area contributed by atoms with Crippen LogP contribution in [0.15, 0.2) is 0 Å². The summed E-state index contributed by atoms with van der Waals surface area (Å²) in [5, 5.41) is 0. The quantitative estimate of drug-likeness (QED) is 0.0469. The molecule has 3 heterocycles. The third kappa shape index (κ3) is 20.0. The number of hydrogen-bond acceptors (Lipinski definition) is 4. The number of ether oxygens (including phenoxy) is 1. The zero-order chi connectivity index (χ0) is 30.9. The van der Waals surface area contributed by atoms with Crippen molar-refractivity contribution in [1.82, 2.24) is 0 Å². The van der Waals surface area contributed by atoms with Gasteiger partial charge in [0, 0.05) is 12.5 Å². The summed E-state index contributed by atoms with van der Waals surface area (Å²) in [6.45, 7) is 11.9. The number of phosphoric ester groups is 1. The average Bonchev–Trinajstić information content (AvgIpc) is 3.01. The molecular formula is C36H73NO5P+. The predicted octanol–water partition coefficient (Wildman–Crippen LogP) is 10.6. The highest BCUT2D eigenvalue weighted by atomic mass is 31.2. The molecule has 3 rings (SSSR count). The van der Waals surface area contributed by atoms with Gasteiger partial charge in [0.15, 0.2) is 0 Å². The van der Waals surface area contributed by atoms with Gasteiger partial charge in [0.1, 0.15) is 0 Å². The van der Waals surface area contributed by atoms with Crippen LogP contribution >= 0.6 is 7.82 Å². The highest BCUT2D eigenvalue weighted by Crippen LogP contribution is 2.44. The fourth-order valence-electron chi connectivity index (χ4n) is 7.24. The second-order valence-corrected chi connectivity index (χ2v) is 15.6. The maximum atomic E-state index is 12.4. The first-order chi connectivity index (χ1) is 21.0. The van der Waals surface area contributed by atoms with Crippen LogP contribution in [0.25, 0.3) is 0 Å². The summed E-state index contributed by atoms with van der Waals surface area (Å²) in [5.74, 6) is 1.17. The molecule has 3 aliphatic rings. The fourth-order valence-corrected chi connectivity index (χ4v) is 8.07. The molecule has 0 amide bonds. The van der Waals surface area contributed by atoms with Crippen LogP contribution in [0.4, 0.5) is 0 Å². The molecule has 3 saturated heterocycles. The summed E-state index contributed by atoms with van der Waals surface area (Å²) < 4.78 is 30.4. The minimum atomic E-state index is -3.99. The third-order valence-corrected chi connectivity index (χ3v) is 11.2. The third-order valence-electron chi connectivity index (χ3n) is 10.2. The summed E-state index contributed by atoms with van der Waals surface area (Å²) in [6.07, 6.45) is 30.9. The molecule has 0 aromatic heterocycles. The Balaban J connectivity index is 1.37. The van der Waals surface area contributed by atoms with Crippen molar-refractivity contribution in [3.8, 4) is 0 Å². The van der Waals surface area contributed by atoms with Crippen LogP contribution < -0.4 is 0 Å². The van der Waals surface area contributed by atoms with E-state index in [4.69, 9.17) is 13.8 Å². The minimum absolute atomic E-state index is 0.137. The Morgan fingerprint density at radius 3 is 1.65 bits per heavy atom. The normalized spacial score (nSPS) is 22.2. The van der Waals surface area contributed by atoms with E-state index >= 15 is 0 Å². The number of quaternary nitrogens is 1. The fraction of sp³-hybridized carbons (Fsp3) is 1.00. The van der Waals surface area contributed by atoms with Crippen LogP contribution in [0.1, 0.15) is 168 Å². The van der Waals surface area contributed by atoms with E-state index in [-0.39, 0.29) is 12.5 Å². The van der Waals surface area contributed by atoms with E-state index in [0.29, 0.717) is 13.2 Å². The van der Waals surface area contributed by atoms with Gasteiger partial charge in [0.2, 0.25) is 0 Å². The van der Waals surface area contributed by atoms with Crippen molar-refractivity contribution >= 4 is 7.82 Å². The second-order valence-electron chi connectivity index (χ2n) is 14.2. The van der Waals surface area contributed by atoms with Gasteiger partial charge in [-0.3, -0.25) is 9.05 Å². The first-order valence-electron chi connectivity index (χ1n) is 19.0. The van der Waals surface area contributed by atoms with Crippen LogP contribution in [-0.2, 0) is 18.3 Å². The molecule has 0 saturated carbocycles. The second kappa shape index (κ2) is 25.2. The Kier molecular flexibility index (Phi) is 22.9. The molecular weight excluding hydrogens is 557 g/mol. The number of phosphoric acid groups is 1. The molecule has 2 atom stereocenters. The molecule has 3 aliphatic heterocycles. The van der Waals surface area contributed by atoms with Gasteiger partial charge in [0.05, 0.1) is 46.0 Å².